The van der Waals surface area contributed by atoms with Gasteiger partial charge in [0.1, 0.15) is 5.69 Å². The maximum absolute atomic E-state index is 13.2. The van der Waals surface area contributed by atoms with Crippen molar-refractivity contribution in [3.63, 3.8) is 0 Å². The van der Waals surface area contributed by atoms with Crippen molar-refractivity contribution in [2.75, 3.05) is 5.32 Å². The maximum Gasteiger partial charge on any atom is 0.338 e. The third-order valence-electron chi connectivity index (χ3n) is 5.92. The van der Waals surface area contributed by atoms with Crippen LogP contribution < -0.4 is 16.2 Å². The Hall–Kier alpha value is -3.73. The molecule has 2 aromatic carbocycles. The molecule has 4 N–H and O–H groups in total. The minimum atomic E-state index is -1.31. The van der Waals surface area contributed by atoms with E-state index in [0.717, 1.165) is 12.8 Å². The van der Waals surface area contributed by atoms with Crippen LogP contribution in [0.1, 0.15) is 46.4 Å². The zero-order valence-corrected chi connectivity index (χ0v) is 19.4. The van der Waals surface area contributed by atoms with E-state index in [4.69, 9.17) is 0 Å². The number of carbonyl (C=O) groups is 2. The molecule has 1 amide bonds. The number of aromatic nitrogens is 1. The van der Waals surface area contributed by atoms with Crippen LogP contribution in [0.5, 0.6) is 0 Å². The first-order valence-corrected chi connectivity index (χ1v) is 11.4. The molecular weight excluding hydrogens is 508 g/mol. The van der Waals surface area contributed by atoms with Gasteiger partial charge in [0.25, 0.3) is 11.6 Å². The van der Waals surface area contributed by atoms with Crippen molar-refractivity contribution in [3.8, 4) is 0 Å². The van der Waals surface area contributed by atoms with Crippen LogP contribution in [0.4, 0.5) is 11.4 Å². The summed E-state index contributed by atoms with van der Waals surface area (Å²) < 4.78 is 0.275. The lowest BCUT2D eigenvalue weighted by Gasteiger charge is -2.33. The van der Waals surface area contributed by atoms with Crippen LogP contribution in [-0.4, -0.2) is 39.0 Å². The van der Waals surface area contributed by atoms with Crippen molar-refractivity contribution in [3.05, 3.63) is 78.5 Å². The number of aromatic amines is 1. The zero-order valence-electron chi connectivity index (χ0n) is 17.8. The number of nitro groups is 1. The number of hydrogen-bond acceptors (Lipinski definition) is 6. The molecule has 1 saturated carbocycles. The quantitative estimate of drug-likeness (QED) is 0.277. The number of fused-ring (bicyclic) bond motifs is 1. The molecule has 10 nitrogen and oxygen atoms in total. The molecular formula is C23H21BrN4O6. The number of aromatic carboxylic acids is 1. The molecule has 0 unspecified atom stereocenters. The van der Waals surface area contributed by atoms with Crippen LogP contribution in [0.3, 0.4) is 0 Å². The number of halogens is 1. The summed E-state index contributed by atoms with van der Waals surface area (Å²) in [4.78, 5) is 50.7. The molecule has 2 atom stereocenters. The highest BCUT2D eigenvalue weighted by molar-refractivity contribution is 9.10. The van der Waals surface area contributed by atoms with Gasteiger partial charge in [0.05, 0.1) is 16.1 Å². The lowest BCUT2D eigenvalue weighted by Crippen LogP contribution is -2.49. The Morgan fingerprint density at radius 3 is 2.50 bits per heavy atom. The third-order valence-corrected chi connectivity index (χ3v) is 6.37. The first-order chi connectivity index (χ1) is 16.2. The number of hydrogen-bond donors (Lipinski definition) is 4. The lowest BCUT2D eigenvalue weighted by atomic mass is 9.89. The second-order valence-electron chi connectivity index (χ2n) is 8.12. The molecule has 3 aromatic rings. The molecule has 1 aliphatic carbocycles. The Balaban J connectivity index is 1.66. The lowest BCUT2D eigenvalue weighted by molar-refractivity contribution is -0.384. The van der Waals surface area contributed by atoms with Crippen molar-refractivity contribution in [2.45, 2.75) is 37.8 Å². The number of carbonyl (C=O) groups excluding carboxylic acids is 1. The summed E-state index contributed by atoms with van der Waals surface area (Å²) in [6, 6.07) is 9.89. The summed E-state index contributed by atoms with van der Waals surface area (Å²) in [7, 11) is 0. The maximum atomic E-state index is 13.2. The van der Waals surface area contributed by atoms with Crippen molar-refractivity contribution >= 4 is 50.1 Å². The second kappa shape index (κ2) is 9.64. The zero-order chi connectivity index (χ0) is 24.4. The van der Waals surface area contributed by atoms with Gasteiger partial charge in [0, 0.05) is 39.6 Å². The monoisotopic (exact) mass is 528 g/mol. The number of nitrogens with zero attached hydrogens (tertiary/aromatic N) is 1. The molecule has 1 fully saturated rings. The number of amides is 1. The van der Waals surface area contributed by atoms with Gasteiger partial charge in [-0.2, -0.15) is 0 Å². The van der Waals surface area contributed by atoms with Crippen LogP contribution in [0.25, 0.3) is 10.9 Å². The first-order valence-electron chi connectivity index (χ1n) is 10.7. The van der Waals surface area contributed by atoms with Crippen molar-refractivity contribution in [2.24, 2.45) is 0 Å². The van der Waals surface area contributed by atoms with Gasteiger partial charge in [-0.05, 0) is 25.0 Å². The van der Waals surface area contributed by atoms with Gasteiger partial charge in [-0.15, -0.1) is 0 Å². The molecule has 0 aliphatic heterocycles. The van der Waals surface area contributed by atoms with Crippen LogP contribution in [-0.2, 0) is 0 Å². The number of carboxylic acids is 1. The van der Waals surface area contributed by atoms with E-state index in [1.165, 1.54) is 18.2 Å². The summed E-state index contributed by atoms with van der Waals surface area (Å²) in [5.74, 6) is -1.75. The van der Waals surface area contributed by atoms with Crippen molar-refractivity contribution in [1.29, 1.82) is 0 Å². The Kier molecular flexibility index (Phi) is 6.64. The molecule has 1 aromatic heterocycles. The summed E-state index contributed by atoms with van der Waals surface area (Å²) >= 11 is 3.12. The minimum absolute atomic E-state index is 0.103. The van der Waals surface area contributed by atoms with E-state index in [-0.39, 0.29) is 27.0 Å². The smallest absolute Gasteiger partial charge is 0.338 e. The predicted octanol–water partition coefficient (Wildman–Crippen LogP) is 4.05. The predicted molar refractivity (Wildman–Crippen MR) is 129 cm³/mol. The van der Waals surface area contributed by atoms with Gasteiger partial charge in [0.2, 0.25) is 5.56 Å². The Bertz CT molecular complexity index is 1320. The van der Waals surface area contributed by atoms with Crippen molar-refractivity contribution in [1.82, 2.24) is 10.3 Å². The first kappa shape index (κ1) is 23.4. The molecule has 0 spiro atoms. The third kappa shape index (κ3) is 4.79. The SMILES string of the molecule is O=C(O)c1cc(Br)cc([N+](=O)[O-])c1N[C@@H]1CCCC[C@@H]1NC(=O)c1cc(=O)[nH]c2ccccc12. The number of rotatable bonds is 6. The van der Waals surface area contributed by atoms with Crippen LogP contribution in [0, 0.1) is 10.1 Å². The topological polar surface area (TPSA) is 154 Å². The van der Waals surface area contributed by atoms with E-state index in [1.807, 2.05) is 0 Å². The molecule has 34 heavy (non-hydrogen) atoms. The fourth-order valence-corrected chi connectivity index (χ4v) is 4.80. The van der Waals surface area contributed by atoms with E-state index in [1.54, 1.807) is 24.3 Å². The minimum Gasteiger partial charge on any atom is -0.478 e. The summed E-state index contributed by atoms with van der Waals surface area (Å²) in [6.07, 6.45) is 2.81. The summed E-state index contributed by atoms with van der Waals surface area (Å²) in [6.45, 7) is 0. The average molecular weight is 529 g/mol. The van der Waals surface area contributed by atoms with Crippen LogP contribution >= 0.6 is 15.9 Å². The molecule has 4 rings (SSSR count). The Labute approximate surface area is 201 Å². The Morgan fingerprint density at radius 2 is 1.79 bits per heavy atom. The number of carboxylic acid groups (broad SMARTS) is 1. The number of benzene rings is 2. The molecule has 1 aliphatic rings. The summed E-state index contributed by atoms with van der Waals surface area (Å²) in [5.41, 5.74) is -0.355. The normalized spacial score (nSPS) is 17.8. The summed E-state index contributed by atoms with van der Waals surface area (Å²) in [5, 5.41) is 27.9. The van der Waals surface area contributed by atoms with Gasteiger partial charge >= 0.3 is 5.97 Å². The molecule has 11 heteroatoms. The number of nitro benzene ring substituents is 1. The van der Waals surface area contributed by atoms with Gasteiger partial charge in [0.15, 0.2) is 0 Å². The van der Waals surface area contributed by atoms with Gasteiger partial charge in [-0.1, -0.05) is 47.0 Å². The highest BCUT2D eigenvalue weighted by Crippen LogP contribution is 2.35. The van der Waals surface area contributed by atoms with Crippen LogP contribution in [0.15, 0.2) is 51.7 Å². The fraction of sp³-hybridized carbons (Fsp3) is 0.261. The molecule has 0 bridgehead atoms. The average Bonchev–Trinajstić information content (AvgIpc) is 2.80. The molecule has 0 radical (unpaired) electrons. The highest BCUT2D eigenvalue weighted by Gasteiger charge is 2.31. The van der Waals surface area contributed by atoms with Crippen molar-refractivity contribution < 1.29 is 19.6 Å². The standard InChI is InChI=1S/C23H21BrN4O6/c24-12-9-15(23(31)32)21(19(10-12)28(33)34)26-17-7-3-4-8-18(17)27-22(30)14-11-20(29)25-16-6-2-1-5-13(14)16/h1-2,5-6,9-11,17-18,26H,3-4,7-8H2,(H,25,29)(H,27,30)(H,31,32)/t17-,18+/m1/s1. The molecule has 0 saturated heterocycles. The number of anilines is 1. The Morgan fingerprint density at radius 1 is 1.09 bits per heavy atom. The number of nitrogens with one attached hydrogen (secondary N) is 3. The highest BCUT2D eigenvalue weighted by atomic mass is 79.9. The molecule has 1 heterocycles. The van der Waals surface area contributed by atoms with E-state index in [0.29, 0.717) is 23.7 Å². The van der Waals surface area contributed by atoms with E-state index in [9.17, 15) is 29.6 Å². The van der Waals surface area contributed by atoms with E-state index in [2.05, 4.69) is 31.5 Å². The fourth-order valence-electron chi connectivity index (χ4n) is 4.36. The molecule has 176 valence electrons. The number of pyridine rings is 1. The number of H-pyrrole nitrogens is 1. The second-order valence-corrected chi connectivity index (χ2v) is 9.03. The van der Waals surface area contributed by atoms with Gasteiger partial charge in [-0.25, -0.2) is 4.79 Å². The van der Waals surface area contributed by atoms with Gasteiger partial charge in [-0.3, -0.25) is 19.7 Å². The number of para-hydroxylation sites is 1. The van der Waals surface area contributed by atoms with E-state index < -0.39 is 34.4 Å². The van der Waals surface area contributed by atoms with Gasteiger partial charge < -0.3 is 20.7 Å². The van der Waals surface area contributed by atoms with E-state index >= 15 is 0 Å². The largest absolute Gasteiger partial charge is 0.478 e. The van der Waals surface area contributed by atoms with Crippen LogP contribution in [0.2, 0.25) is 0 Å².